The molecule has 2 aromatic rings. The molecule has 1 heterocycles. The fraction of sp³-hybridized carbons (Fsp3) is 0.176. The molecule has 22 heavy (non-hydrogen) atoms. The summed E-state index contributed by atoms with van der Waals surface area (Å²) in [5.41, 5.74) is 1.33. The summed E-state index contributed by atoms with van der Waals surface area (Å²) in [6, 6.07) is 10.9. The van der Waals surface area contributed by atoms with E-state index in [9.17, 15) is 9.18 Å². The SMILES string of the molecule is C=CCNC(=O)N(C)[C@@H](c1cccc(F)c1)c1ccccn1. The number of pyridine rings is 1. The third-order valence-corrected chi connectivity index (χ3v) is 3.24. The number of amides is 2. The Bertz CT molecular complexity index is 645. The molecular weight excluding hydrogens is 281 g/mol. The third-order valence-electron chi connectivity index (χ3n) is 3.24. The van der Waals surface area contributed by atoms with Crippen molar-refractivity contribution in [3.63, 3.8) is 0 Å². The van der Waals surface area contributed by atoms with Crippen LogP contribution in [0.4, 0.5) is 9.18 Å². The van der Waals surface area contributed by atoms with E-state index in [1.165, 1.54) is 17.0 Å². The van der Waals surface area contributed by atoms with E-state index < -0.39 is 6.04 Å². The molecule has 2 rings (SSSR count). The molecule has 0 unspecified atom stereocenters. The van der Waals surface area contributed by atoms with E-state index in [2.05, 4.69) is 16.9 Å². The van der Waals surface area contributed by atoms with Crippen LogP contribution in [0.2, 0.25) is 0 Å². The van der Waals surface area contributed by atoms with Crippen LogP contribution in [-0.4, -0.2) is 29.5 Å². The molecule has 1 aromatic carbocycles. The first-order chi connectivity index (χ1) is 10.6. The van der Waals surface area contributed by atoms with Gasteiger partial charge in [0.2, 0.25) is 0 Å². The smallest absolute Gasteiger partial charge is 0.318 e. The van der Waals surface area contributed by atoms with Crippen LogP contribution in [0.25, 0.3) is 0 Å². The Labute approximate surface area is 129 Å². The maximum absolute atomic E-state index is 13.6. The molecule has 0 spiro atoms. The number of rotatable bonds is 5. The minimum absolute atomic E-state index is 0.278. The highest BCUT2D eigenvalue weighted by Gasteiger charge is 2.24. The Balaban J connectivity index is 2.38. The summed E-state index contributed by atoms with van der Waals surface area (Å²) in [5.74, 6) is -0.349. The van der Waals surface area contributed by atoms with Crippen LogP contribution in [0.5, 0.6) is 0 Å². The minimum atomic E-state index is -0.471. The summed E-state index contributed by atoms with van der Waals surface area (Å²) in [4.78, 5) is 18.0. The summed E-state index contributed by atoms with van der Waals surface area (Å²) < 4.78 is 13.6. The molecule has 2 amide bonds. The van der Waals surface area contributed by atoms with Crippen molar-refractivity contribution in [2.75, 3.05) is 13.6 Å². The number of nitrogens with one attached hydrogen (secondary N) is 1. The van der Waals surface area contributed by atoms with E-state index in [1.54, 1.807) is 37.5 Å². The zero-order valence-electron chi connectivity index (χ0n) is 12.4. The fourth-order valence-corrected chi connectivity index (χ4v) is 2.21. The predicted molar refractivity (Wildman–Crippen MR) is 83.8 cm³/mol. The minimum Gasteiger partial charge on any atom is -0.335 e. The van der Waals surface area contributed by atoms with Gasteiger partial charge >= 0.3 is 6.03 Å². The molecule has 0 radical (unpaired) electrons. The largest absolute Gasteiger partial charge is 0.335 e. The number of hydrogen-bond donors (Lipinski definition) is 1. The van der Waals surface area contributed by atoms with Crippen molar-refractivity contribution in [3.05, 3.63) is 78.4 Å². The summed E-state index contributed by atoms with van der Waals surface area (Å²) in [6.45, 7) is 3.93. The van der Waals surface area contributed by atoms with E-state index in [0.717, 1.165) is 0 Å². The highest BCUT2D eigenvalue weighted by Crippen LogP contribution is 2.26. The van der Waals surface area contributed by atoms with Crippen LogP contribution in [-0.2, 0) is 0 Å². The van der Waals surface area contributed by atoms with E-state index in [1.807, 2.05) is 12.1 Å². The Hall–Kier alpha value is -2.69. The van der Waals surface area contributed by atoms with Gasteiger partial charge in [0.15, 0.2) is 0 Å². The van der Waals surface area contributed by atoms with Gasteiger partial charge in [-0.25, -0.2) is 9.18 Å². The molecule has 1 N–H and O–H groups in total. The van der Waals surface area contributed by atoms with Crippen LogP contribution in [0.3, 0.4) is 0 Å². The van der Waals surface area contributed by atoms with E-state index in [4.69, 9.17) is 0 Å². The Morgan fingerprint density at radius 3 is 2.86 bits per heavy atom. The number of aromatic nitrogens is 1. The number of carbonyl (C=O) groups is 1. The molecule has 114 valence electrons. The van der Waals surface area contributed by atoms with Gasteiger partial charge in [-0.15, -0.1) is 6.58 Å². The second-order valence-corrected chi connectivity index (χ2v) is 4.80. The number of urea groups is 1. The monoisotopic (exact) mass is 299 g/mol. The summed E-state index contributed by atoms with van der Waals surface area (Å²) in [7, 11) is 1.66. The average molecular weight is 299 g/mol. The lowest BCUT2D eigenvalue weighted by Gasteiger charge is -2.28. The van der Waals surface area contributed by atoms with Crippen molar-refractivity contribution in [2.24, 2.45) is 0 Å². The van der Waals surface area contributed by atoms with Crippen LogP contribution < -0.4 is 5.32 Å². The van der Waals surface area contributed by atoms with Gasteiger partial charge in [-0.2, -0.15) is 0 Å². The second kappa shape index (κ2) is 7.36. The van der Waals surface area contributed by atoms with Gasteiger partial charge in [0.1, 0.15) is 11.9 Å². The molecule has 0 saturated heterocycles. The molecule has 0 saturated carbocycles. The van der Waals surface area contributed by atoms with Crippen LogP contribution >= 0.6 is 0 Å². The number of nitrogens with zero attached hydrogens (tertiary/aromatic N) is 2. The molecule has 0 fully saturated rings. The Morgan fingerprint density at radius 2 is 2.23 bits per heavy atom. The summed E-state index contributed by atoms with van der Waals surface area (Å²) in [5, 5.41) is 2.71. The molecule has 0 aliphatic carbocycles. The molecule has 0 aliphatic rings. The normalized spacial score (nSPS) is 11.5. The molecule has 1 aromatic heterocycles. The Kier molecular flexibility index (Phi) is 5.25. The van der Waals surface area contributed by atoms with Gasteiger partial charge in [-0.3, -0.25) is 4.98 Å². The van der Waals surface area contributed by atoms with Gasteiger partial charge in [0.25, 0.3) is 0 Å². The predicted octanol–water partition coefficient (Wildman–Crippen LogP) is 3.14. The van der Waals surface area contributed by atoms with Crippen LogP contribution in [0, 0.1) is 5.82 Å². The molecule has 4 nitrogen and oxygen atoms in total. The van der Waals surface area contributed by atoms with Gasteiger partial charge in [-0.05, 0) is 29.8 Å². The van der Waals surface area contributed by atoms with Gasteiger partial charge in [0.05, 0.1) is 5.69 Å². The van der Waals surface area contributed by atoms with Crippen molar-refractivity contribution in [3.8, 4) is 0 Å². The lowest BCUT2D eigenvalue weighted by Crippen LogP contribution is -2.40. The Morgan fingerprint density at radius 1 is 1.41 bits per heavy atom. The second-order valence-electron chi connectivity index (χ2n) is 4.80. The summed E-state index contributed by atoms with van der Waals surface area (Å²) >= 11 is 0. The van der Waals surface area contributed by atoms with Gasteiger partial charge in [0, 0.05) is 19.8 Å². The lowest BCUT2D eigenvalue weighted by atomic mass is 10.0. The third kappa shape index (κ3) is 3.69. The van der Waals surface area contributed by atoms with Crippen molar-refractivity contribution in [1.29, 1.82) is 0 Å². The van der Waals surface area contributed by atoms with E-state index in [-0.39, 0.29) is 11.8 Å². The number of benzene rings is 1. The first kappa shape index (κ1) is 15.7. The maximum Gasteiger partial charge on any atom is 0.318 e. The first-order valence-electron chi connectivity index (χ1n) is 6.91. The first-order valence-corrected chi connectivity index (χ1v) is 6.91. The highest BCUT2D eigenvalue weighted by atomic mass is 19.1. The standard InChI is InChI=1S/C17H18FN3O/c1-3-10-20-17(22)21(2)16(15-9-4-5-11-19-15)13-7-6-8-14(18)12-13/h3-9,11-12,16H,1,10H2,2H3,(H,20,22)/t16-/m0/s1. The number of carbonyl (C=O) groups excluding carboxylic acids is 1. The maximum atomic E-state index is 13.6. The topological polar surface area (TPSA) is 45.2 Å². The zero-order chi connectivity index (χ0) is 15.9. The van der Waals surface area contributed by atoms with Gasteiger partial charge in [-0.1, -0.05) is 24.3 Å². The highest BCUT2D eigenvalue weighted by molar-refractivity contribution is 5.75. The van der Waals surface area contributed by atoms with Crippen molar-refractivity contribution in [2.45, 2.75) is 6.04 Å². The zero-order valence-corrected chi connectivity index (χ0v) is 12.4. The number of hydrogen-bond acceptors (Lipinski definition) is 2. The lowest BCUT2D eigenvalue weighted by molar-refractivity contribution is 0.198. The van der Waals surface area contributed by atoms with Crippen LogP contribution in [0.15, 0.2) is 61.3 Å². The number of halogens is 1. The van der Waals surface area contributed by atoms with E-state index >= 15 is 0 Å². The molecule has 1 atom stereocenters. The van der Waals surface area contributed by atoms with E-state index in [0.29, 0.717) is 17.8 Å². The van der Waals surface area contributed by atoms with Crippen molar-refractivity contribution >= 4 is 6.03 Å². The van der Waals surface area contributed by atoms with Gasteiger partial charge < -0.3 is 10.2 Å². The van der Waals surface area contributed by atoms with Crippen LogP contribution in [0.1, 0.15) is 17.3 Å². The molecular formula is C17H18FN3O. The molecule has 0 aliphatic heterocycles. The van der Waals surface area contributed by atoms with Crippen molar-refractivity contribution < 1.29 is 9.18 Å². The molecule has 0 bridgehead atoms. The van der Waals surface area contributed by atoms with Crippen molar-refractivity contribution in [1.82, 2.24) is 15.2 Å². The summed E-state index contributed by atoms with van der Waals surface area (Å²) in [6.07, 6.45) is 3.25. The average Bonchev–Trinajstić information content (AvgIpc) is 2.54. The molecule has 5 heteroatoms. The quantitative estimate of drug-likeness (QED) is 0.862. The fourth-order valence-electron chi connectivity index (χ4n) is 2.21.